The highest BCUT2D eigenvalue weighted by Gasteiger charge is 2.25. The first-order valence-electron chi connectivity index (χ1n) is 10.6. The summed E-state index contributed by atoms with van der Waals surface area (Å²) in [7, 11) is 1.84. The molecule has 0 saturated carbocycles. The van der Waals surface area contributed by atoms with E-state index in [1.807, 2.05) is 51.4 Å². The lowest BCUT2D eigenvalue weighted by Gasteiger charge is -2.21. The number of aryl methyl sites for hydroxylation is 2. The fraction of sp³-hybridized carbons (Fsp3) is 0.333. The zero-order valence-corrected chi connectivity index (χ0v) is 20.9. The Balaban J connectivity index is 1.66. The van der Waals surface area contributed by atoms with Crippen molar-refractivity contribution in [3.63, 3.8) is 0 Å². The van der Waals surface area contributed by atoms with Gasteiger partial charge in [0.1, 0.15) is 0 Å². The fourth-order valence-electron chi connectivity index (χ4n) is 3.45. The largest absolute Gasteiger partial charge is 0.342 e. The maximum Gasteiger partial charge on any atom is 0.251 e. The van der Waals surface area contributed by atoms with Crippen LogP contribution < -0.4 is 10.6 Å². The van der Waals surface area contributed by atoms with Gasteiger partial charge in [-0.2, -0.15) is 0 Å². The summed E-state index contributed by atoms with van der Waals surface area (Å²) in [6.07, 6.45) is 0. The zero-order chi connectivity index (χ0) is 24.1. The first-order valence-corrected chi connectivity index (χ1v) is 12.0. The minimum Gasteiger partial charge on any atom is -0.342 e. The number of nitrogens with zero attached hydrogens (tertiary/aromatic N) is 3. The maximum atomic E-state index is 12.7. The van der Waals surface area contributed by atoms with E-state index in [4.69, 9.17) is 11.6 Å². The zero-order valence-electron chi connectivity index (χ0n) is 19.3. The standard InChI is InChI=1S/C24H28ClN5O2S/c1-14(2)21(27-23(32)17-6-8-18(25)9-7-17)22-28-29-24(30(22)5)33-13-20(31)26-19-11-15(3)10-16(4)12-19/h6-12,14,21H,13H2,1-5H3,(H,26,31)(H,27,32)/t21-/m0/s1. The molecule has 9 heteroatoms. The van der Waals surface area contributed by atoms with Gasteiger partial charge in [0, 0.05) is 23.3 Å². The van der Waals surface area contributed by atoms with Gasteiger partial charge in [-0.3, -0.25) is 9.59 Å². The Morgan fingerprint density at radius 2 is 1.70 bits per heavy atom. The first kappa shape index (κ1) is 24.8. The second kappa shape index (κ2) is 10.9. The maximum absolute atomic E-state index is 12.7. The lowest BCUT2D eigenvalue weighted by Crippen LogP contribution is -2.33. The van der Waals surface area contributed by atoms with E-state index in [1.54, 1.807) is 24.3 Å². The average Bonchev–Trinajstić information content (AvgIpc) is 3.10. The van der Waals surface area contributed by atoms with Crippen molar-refractivity contribution in [2.24, 2.45) is 13.0 Å². The molecule has 3 rings (SSSR count). The third-order valence-electron chi connectivity index (χ3n) is 5.04. The van der Waals surface area contributed by atoms with Crippen LogP contribution >= 0.6 is 23.4 Å². The number of carbonyl (C=O) groups excluding carboxylic acids is 2. The van der Waals surface area contributed by atoms with Crippen LogP contribution in [-0.2, 0) is 11.8 Å². The molecule has 3 aromatic rings. The molecular formula is C24H28ClN5O2S. The summed E-state index contributed by atoms with van der Waals surface area (Å²) in [5.74, 6) is 0.573. The molecule has 33 heavy (non-hydrogen) atoms. The minimum atomic E-state index is -0.343. The van der Waals surface area contributed by atoms with Gasteiger partial charge < -0.3 is 15.2 Å². The van der Waals surface area contributed by atoms with Gasteiger partial charge in [-0.1, -0.05) is 43.3 Å². The van der Waals surface area contributed by atoms with Gasteiger partial charge in [-0.15, -0.1) is 10.2 Å². The molecule has 2 amide bonds. The number of benzene rings is 2. The van der Waals surface area contributed by atoms with Crippen molar-refractivity contribution in [2.45, 2.75) is 38.9 Å². The number of hydrogen-bond acceptors (Lipinski definition) is 5. The molecule has 2 aromatic carbocycles. The number of anilines is 1. The third kappa shape index (κ3) is 6.58. The number of nitrogens with one attached hydrogen (secondary N) is 2. The molecule has 0 fully saturated rings. The summed E-state index contributed by atoms with van der Waals surface area (Å²) in [5, 5.41) is 15.7. The van der Waals surface area contributed by atoms with Gasteiger partial charge in [0.05, 0.1) is 11.8 Å². The van der Waals surface area contributed by atoms with Crippen molar-refractivity contribution in [1.29, 1.82) is 0 Å². The Labute approximate surface area is 203 Å². The lowest BCUT2D eigenvalue weighted by atomic mass is 10.0. The molecule has 1 aromatic heterocycles. The highest BCUT2D eigenvalue weighted by molar-refractivity contribution is 7.99. The van der Waals surface area contributed by atoms with E-state index in [0.29, 0.717) is 21.6 Å². The Morgan fingerprint density at radius 3 is 2.30 bits per heavy atom. The fourth-order valence-corrected chi connectivity index (χ4v) is 4.30. The molecule has 0 radical (unpaired) electrons. The molecule has 2 N–H and O–H groups in total. The second-order valence-corrected chi connectivity index (χ2v) is 9.69. The number of aromatic nitrogens is 3. The molecule has 7 nitrogen and oxygen atoms in total. The Hall–Kier alpha value is -2.84. The van der Waals surface area contributed by atoms with Crippen LogP contribution in [0.5, 0.6) is 0 Å². The van der Waals surface area contributed by atoms with Crippen LogP contribution in [0.4, 0.5) is 5.69 Å². The monoisotopic (exact) mass is 485 g/mol. The molecular weight excluding hydrogens is 458 g/mol. The Morgan fingerprint density at radius 1 is 1.06 bits per heavy atom. The predicted molar refractivity (Wildman–Crippen MR) is 133 cm³/mol. The number of thioether (sulfide) groups is 1. The van der Waals surface area contributed by atoms with Crippen LogP contribution in [0.25, 0.3) is 0 Å². The molecule has 174 valence electrons. The summed E-state index contributed by atoms with van der Waals surface area (Å²) in [6.45, 7) is 8.00. The van der Waals surface area contributed by atoms with Crippen molar-refractivity contribution in [1.82, 2.24) is 20.1 Å². The number of rotatable bonds is 8. The van der Waals surface area contributed by atoms with Crippen molar-refractivity contribution in [3.8, 4) is 0 Å². The summed E-state index contributed by atoms with van der Waals surface area (Å²) in [5.41, 5.74) is 3.49. The molecule has 1 heterocycles. The van der Waals surface area contributed by atoms with Crippen LogP contribution in [0.1, 0.15) is 47.2 Å². The summed E-state index contributed by atoms with van der Waals surface area (Å²) < 4.78 is 1.82. The van der Waals surface area contributed by atoms with Gasteiger partial charge in [0.15, 0.2) is 11.0 Å². The van der Waals surface area contributed by atoms with Gasteiger partial charge in [0.2, 0.25) is 5.91 Å². The third-order valence-corrected chi connectivity index (χ3v) is 6.32. The SMILES string of the molecule is Cc1cc(C)cc(NC(=O)CSc2nnc([C@@H](NC(=O)c3ccc(Cl)cc3)C(C)C)n2C)c1. The summed E-state index contributed by atoms with van der Waals surface area (Å²) in [6, 6.07) is 12.3. The lowest BCUT2D eigenvalue weighted by molar-refractivity contribution is -0.113. The normalized spacial score (nSPS) is 12.0. The van der Waals surface area contributed by atoms with E-state index in [9.17, 15) is 9.59 Å². The molecule has 0 aliphatic heterocycles. The Bertz CT molecular complexity index is 1120. The van der Waals surface area contributed by atoms with E-state index < -0.39 is 0 Å². The summed E-state index contributed by atoms with van der Waals surface area (Å²) >= 11 is 7.22. The van der Waals surface area contributed by atoms with Gasteiger partial charge >= 0.3 is 0 Å². The number of hydrogen-bond donors (Lipinski definition) is 2. The second-order valence-electron chi connectivity index (χ2n) is 8.32. The van der Waals surface area contributed by atoms with E-state index in [0.717, 1.165) is 16.8 Å². The predicted octanol–water partition coefficient (Wildman–Crippen LogP) is 4.94. The van der Waals surface area contributed by atoms with Crippen molar-refractivity contribution < 1.29 is 9.59 Å². The van der Waals surface area contributed by atoms with Crippen LogP contribution in [0.15, 0.2) is 47.6 Å². The highest BCUT2D eigenvalue weighted by atomic mass is 35.5. The number of amides is 2. The smallest absolute Gasteiger partial charge is 0.251 e. The number of carbonyl (C=O) groups is 2. The van der Waals surface area contributed by atoms with Crippen molar-refractivity contribution in [3.05, 3.63) is 70.0 Å². The van der Waals surface area contributed by atoms with Gasteiger partial charge in [0.25, 0.3) is 5.91 Å². The molecule has 0 spiro atoms. The number of halogens is 1. The molecule has 0 aliphatic carbocycles. The quantitative estimate of drug-likeness (QED) is 0.441. The molecule has 0 unspecified atom stereocenters. The van der Waals surface area contributed by atoms with Crippen LogP contribution in [0, 0.1) is 19.8 Å². The van der Waals surface area contributed by atoms with Crippen LogP contribution in [0.3, 0.4) is 0 Å². The van der Waals surface area contributed by atoms with Crippen LogP contribution in [0.2, 0.25) is 5.02 Å². The van der Waals surface area contributed by atoms with E-state index >= 15 is 0 Å². The molecule has 0 bridgehead atoms. The van der Waals surface area contributed by atoms with E-state index in [1.165, 1.54) is 11.8 Å². The molecule has 0 saturated heterocycles. The summed E-state index contributed by atoms with van der Waals surface area (Å²) in [4.78, 5) is 25.2. The van der Waals surface area contributed by atoms with E-state index in [2.05, 4.69) is 26.9 Å². The van der Waals surface area contributed by atoms with Crippen molar-refractivity contribution >= 4 is 40.9 Å². The Kier molecular flexibility index (Phi) is 8.15. The highest BCUT2D eigenvalue weighted by Crippen LogP contribution is 2.25. The minimum absolute atomic E-state index is 0.0786. The molecule has 0 aliphatic rings. The van der Waals surface area contributed by atoms with Crippen molar-refractivity contribution in [2.75, 3.05) is 11.1 Å². The van der Waals surface area contributed by atoms with Gasteiger partial charge in [-0.05, 0) is 67.3 Å². The van der Waals surface area contributed by atoms with Crippen LogP contribution in [-0.4, -0.2) is 32.3 Å². The topological polar surface area (TPSA) is 88.9 Å². The first-order chi connectivity index (χ1) is 15.6. The average molecular weight is 486 g/mol. The van der Waals surface area contributed by atoms with Gasteiger partial charge in [-0.25, -0.2) is 0 Å². The molecule has 1 atom stereocenters. The van der Waals surface area contributed by atoms with E-state index in [-0.39, 0.29) is 29.5 Å².